The Kier molecular flexibility index (Phi) is 4.14. The molecule has 104 valence electrons. The van der Waals surface area contributed by atoms with Gasteiger partial charge in [0.1, 0.15) is 0 Å². The first-order valence-corrected chi connectivity index (χ1v) is 6.85. The predicted octanol–water partition coefficient (Wildman–Crippen LogP) is 1.29. The number of hydrogen-bond acceptors (Lipinski definition) is 4. The summed E-state index contributed by atoms with van der Waals surface area (Å²) in [5, 5.41) is 8.00. The lowest BCUT2D eigenvalue weighted by atomic mass is 9.92. The molecule has 2 atom stereocenters. The van der Waals surface area contributed by atoms with Crippen molar-refractivity contribution in [1.29, 1.82) is 0 Å². The summed E-state index contributed by atoms with van der Waals surface area (Å²) in [6.45, 7) is 7.19. The number of amides is 1. The van der Waals surface area contributed by atoms with E-state index in [1.807, 2.05) is 24.8 Å². The highest BCUT2D eigenvalue weighted by atomic mass is 16.2. The van der Waals surface area contributed by atoms with E-state index in [-0.39, 0.29) is 11.9 Å². The largest absolute Gasteiger partial charge is 0.334 e. The van der Waals surface area contributed by atoms with Crippen molar-refractivity contribution in [2.45, 2.75) is 39.7 Å². The molecule has 0 spiro atoms. The standard InChI is InChI=1S/C14H22N4O/c1-9-4-5-18(12(6-9)8-15)14(19)13-7-10(2)16-17-11(13)3/h7,9,12H,4-6,8,15H2,1-3H3. The second kappa shape index (κ2) is 5.65. The first-order chi connectivity index (χ1) is 9.02. The minimum atomic E-state index is 0.0397. The fourth-order valence-corrected chi connectivity index (χ4v) is 2.66. The molecular weight excluding hydrogens is 240 g/mol. The third-order valence-corrected chi connectivity index (χ3v) is 3.84. The maximum Gasteiger partial charge on any atom is 0.256 e. The van der Waals surface area contributed by atoms with Crippen LogP contribution in [-0.4, -0.2) is 40.1 Å². The second-order valence-electron chi connectivity index (χ2n) is 5.50. The zero-order valence-electron chi connectivity index (χ0n) is 11.9. The van der Waals surface area contributed by atoms with Crippen molar-refractivity contribution in [3.63, 3.8) is 0 Å². The van der Waals surface area contributed by atoms with E-state index in [0.717, 1.165) is 25.1 Å². The highest BCUT2D eigenvalue weighted by Gasteiger charge is 2.30. The van der Waals surface area contributed by atoms with Crippen LogP contribution in [0.15, 0.2) is 6.07 Å². The number of nitrogens with zero attached hydrogens (tertiary/aromatic N) is 3. The van der Waals surface area contributed by atoms with E-state index in [4.69, 9.17) is 5.73 Å². The minimum absolute atomic E-state index is 0.0397. The van der Waals surface area contributed by atoms with Gasteiger partial charge in [-0.3, -0.25) is 4.79 Å². The number of carbonyl (C=O) groups is 1. The van der Waals surface area contributed by atoms with Gasteiger partial charge in [-0.25, -0.2) is 0 Å². The van der Waals surface area contributed by atoms with Gasteiger partial charge in [-0.1, -0.05) is 6.92 Å². The molecule has 0 aliphatic carbocycles. The second-order valence-corrected chi connectivity index (χ2v) is 5.50. The Labute approximate surface area is 114 Å². The van der Waals surface area contributed by atoms with E-state index in [2.05, 4.69) is 17.1 Å². The van der Waals surface area contributed by atoms with Crippen LogP contribution in [0.3, 0.4) is 0 Å². The van der Waals surface area contributed by atoms with Crippen LogP contribution >= 0.6 is 0 Å². The number of aromatic nitrogens is 2. The maximum atomic E-state index is 12.7. The molecule has 2 unspecified atom stereocenters. The molecule has 5 heteroatoms. The Morgan fingerprint density at radius 2 is 2.21 bits per heavy atom. The smallest absolute Gasteiger partial charge is 0.256 e. The van der Waals surface area contributed by atoms with Gasteiger partial charge in [0.2, 0.25) is 0 Å². The Morgan fingerprint density at radius 1 is 1.47 bits per heavy atom. The molecule has 0 bridgehead atoms. The summed E-state index contributed by atoms with van der Waals surface area (Å²) < 4.78 is 0. The quantitative estimate of drug-likeness (QED) is 0.871. The Bertz CT molecular complexity index is 475. The molecule has 1 aromatic heterocycles. The molecule has 2 rings (SSSR count). The van der Waals surface area contributed by atoms with Crippen LogP contribution in [-0.2, 0) is 0 Å². The number of nitrogens with two attached hydrogens (primary N) is 1. The van der Waals surface area contributed by atoms with Gasteiger partial charge in [-0.2, -0.15) is 10.2 Å². The molecule has 0 radical (unpaired) electrons. The van der Waals surface area contributed by atoms with Gasteiger partial charge in [-0.05, 0) is 38.7 Å². The van der Waals surface area contributed by atoms with E-state index in [1.165, 1.54) is 0 Å². The van der Waals surface area contributed by atoms with Gasteiger partial charge in [0.05, 0.1) is 17.0 Å². The zero-order valence-corrected chi connectivity index (χ0v) is 11.9. The van der Waals surface area contributed by atoms with Crippen molar-refractivity contribution in [3.05, 3.63) is 23.0 Å². The third kappa shape index (κ3) is 2.92. The number of piperidine rings is 1. The summed E-state index contributed by atoms with van der Waals surface area (Å²) in [6, 6.07) is 1.96. The summed E-state index contributed by atoms with van der Waals surface area (Å²) in [4.78, 5) is 14.6. The predicted molar refractivity (Wildman–Crippen MR) is 73.8 cm³/mol. The summed E-state index contributed by atoms with van der Waals surface area (Å²) in [5.41, 5.74) is 7.92. The lowest BCUT2D eigenvalue weighted by Crippen LogP contribution is -2.49. The van der Waals surface area contributed by atoms with Gasteiger partial charge >= 0.3 is 0 Å². The van der Waals surface area contributed by atoms with Crippen molar-refractivity contribution in [2.75, 3.05) is 13.1 Å². The molecule has 2 N–H and O–H groups in total. The third-order valence-electron chi connectivity index (χ3n) is 3.84. The summed E-state index contributed by atoms with van der Waals surface area (Å²) in [6.07, 6.45) is 2.03. The van der Waals surface area contributed by atoms with Crippen LogP contribution in [0.25, 0.3) is 0 Å². The molecule has 1 aliphatic heterocycles. The molecule has 5 nitrogen and oxygen atoms in total. The van der Waals surface area contributed by atoms with E-state index in [0.29, 0.717) is 23.7 Å². The molecule has 0 saturated carbocycles. The molecule has 1 aliphatic rings. The van der Waals surface area contributed by atoms with Crippen molar-refractivity contribution >= 4 is 5.91 Å². The zero-order chi connectivity index (χ0) is 14.0. The number of hydrogen-bond donors (Lipinski definition) is 1. The SMILES string of the molecule is Cc1cc(C(=O)N2CCC(C)CC2CN)c(C)nn1. The number of carbonyl (C=O) groups excluding carboxylic acids is 1. The molecule has 2 heterocycles. The van der Waals surface area contributed by atoms with Crippen LogP contribution in [0.5, 0.6) is 0 Å². The molecule has 1 amide bonds. The monoisotopic (exact) mass is 262 g/mol. The average Bonchev–Trinajstić information content (AvgIpc) is 2.40. The number of rotatable bonds is 2. The molecular formula is C14H22N4O. The normalized spacial score (nSPS) is 23.5. The van der Waals surface area contributed by atoms with E-state index < -0.39 is 0 Å². The first-order valence-electron chi connectivity index (χ1n) is 6.85. The Morgan fingerprint density at radius 3 is 2.89 bits per heavy atom. The summed E-state index contributed by atoms with van der Waals surface area (Å²) in [5.74, 6) is 0.675. The van der Waals surface area contributed by atoms with E-state index in [1.54, 1.807) is 0 Å². The van der Waals surface area contributed by atoms with Gasteiger partial charge in [0, 0.05) is 19.1 Å². The first kappa shape index (κ1) is 13.9. The fraction of sp³-hybridized carbons (Fsp3) is 0.643. The molecule has 1 saturated heterocycles. The minimum Gasteiger partial charge on any atom is -0.334 e. The highest BCUT2D eigenvalue weighted by molar-refractivity contribution is 5.95. The van der Waals surface area contributed by atoms with Crippen molar-refractivity contribution < 1.29 is 4.79 Å². The fourth-order valence-electron chi connectivity index (χ4n) is 2.66. The van der Waals surface area contributed by atoms with Crippen molar-refractivity contribution in [2.24, 2.45) is 11.7 Å². The van der Waals surface area contributed by atoms with Crippen molar-refractivity contribution in [1.82, 2.24) is 15.1 Å². The molecule has 0 aromatic carbocycles. The van der Waals surface area contributed by atoms with Crippen molar-refractivity contribution in [3.8, 4) is 0 Å². The highest BCUT2D eigenvalue weighted by Crippen LogP contribution is 2.24. The summed E-state index contributed by atoms with van der Waals surface area (Å²) >= 11 is 0. The van der Waals surface area contributed by atoms with Crippen LogP contribution in [0.4, 0.5) is 0 Å². The van der Waals surface area contributed by atoms with Crippen LogP contribution in [0, 0.1) is 19.8 Å². The topological polar surface area (TPSA) is 72.1 Å². The maximum absolute atomic E-state index is 12.7. The van der Waals surface area contributed by atoms with Gasteiger partial charge in [-0.15, -0.1) is 0 Å². The number of aryl methyl sites for hydroxylation is 2. The van der Waals surface area contributed by atoms with Crippen LogP contribution < -0.4 is 5.73 Å². The van der Waals surface area contributed by atoms with Gasteiger partial charge in [0.15, 0.2) is 0 Å². The van der Waals surface area contributed by atoms with Gasteiger partial charge < -0.3 is 10.6 Å². The van der Waals surface area contributed by atoms with E-state index >= 15 is 0 Å². The average molecular weight is 262 g/mol. The Hall–Kier alpha value is -1.49. The lowest BCUT2D eigenvalue weighted by molar-refractivity contribution is 0.0572. The summed E-state index contributed by atoms with van der Waals surface area (Å²) in [7, 11) is 0. The Balaban J connectivity index is 2.25. The van der Waals surface area contributed by atoms with Crippen LogP contribution in [0.2, 0.25) is 0 Å². The molecule has 1 fully saturated rings. The van der Waals surface area contributed by atoms with Gasteiger partial charge in [0.25, 0.3) is 5.91 Å². The van der Waals surface area contributed by atoms with E-state index in [9.17, 15) is 4.79 Å². The number of likely N-dealkylation sites (tertiary alicyclic amines) is 1. The molecule has 19 heavy (non-hydrogen) atoms. The molecule has 1 aromatic rings. The van der Waals surface area contributed by atoms with Crippen LogP contribution in [0.1, 0.15) is 41.5 Å². The lowest BCUT2D eigenvalue weighted by Gasteiger charge is -2.38.